The Kier molecular flexibility index (Phi) is 2.60. The molecule has 14 heavy (non-hydrogen) atoms. The van der Waals surface area contributed by atoms with E-state index in [-0.39, 0.29) is 0 Å². The number of benzene rings is 1. The SMILES string of the molecule is N#CCCc1cccc2c1OC(Br)O2. The van der Waals surface area contributed by atoms with Crippen molar-refractivity contribution >= 4 is 15.9 Å². The van der Waals surface area contributed by atoms with E-state index in [1.807, 2.05) is 18.2 Å². The van der Waals surface area contributed by atoms with E-state index in [4.69, 9.17) is 14.7 Å². The Bertz CT molecular complexity index is 386. The summed E-state index contributed by atoms with van der Waals surface area (Å²) in [7, 11) is 0. The number of alkyl halides is 1. The van der Waals surface area contributed by atoms with Crippen molar-refractivity contribution in [1.82, 2.24) is 0 Å². The molecule has 0 fully saturated rings. The van der Waals surface area contributed by atoms with Gasteiger partial charge in [0.2, 0.25) is 0 Å². The minimum Gasteiger partial charge on any atom is -0.441 e. The fourth-order valence-electron chi connectivity index (χ4n) is 1.39. The van der Waals surface area contributed by atoms with Gasteiger partial charge in [0.05, 0.1) is 6.07 Å². The summed E-state index contributed by atoms with van der Waals surface area (Å²) in [6.45, 7) is 0. The summed E-state index contributed by atoms with van der Waals surface area (Å²) >= 11 is 3.21. The molecule has 0 amide bonds. The zero-order valence-electron chi connectivity index (χ0n) is 7.37. The van der Waals surface area contributed by atoms with E-state index in [9.17, 15) is 0 Å². The summed E-state index contributed by atoms with van der Waals surface area (Å²) in [5.74, 6) is 1.49. The van der Waals surface area contributed by atoms with Gasteiger partial charge in [0.1, 0.15) is 0 Å². The number of rotatable bonds is 2. The van der Waals surface area contributed by atoms with Crippen LogP contribution in [0.15, 0.2) is 18.2 Å². The molecule has 0 bridgehead atoms. The number of ether oxygens (including phenoxy) is 2. The molecule has 3 nitrogen and oxygen atoms in total. The van der Waals surface area contributed by atoms with E-state index in [0.29, 0.717) is 12.8 Å². The summed E-state index contributed by atoms with van der Waals surface area (Å²) in [5.41, 5.74) is 1.02. The van der Waals surface area contributed by atoms with Crippen LogP contribution in [-0.2, 0) is 6.42 Å². The summed E-state index contributed by atoms with van der Waals surface area (Å²) in [5, 5.41) is 8.09. The Morgan fingerprint density at radius 3 is 3.07 bits per heavy atom. The van der Waals surface area contributed by atoms with Gasteiger partial charge in [0.25, 0.3) is 5.20 Å². The lowest BCUT2D eigenvalue weighted by Crippen LogP contribution is -2.07. The van der Waals surface area contributed by atoms with Crippen LogP contribution in [-0.4, -0.2) is 5.20 Å². The largest absolute Gasteiger partial charge is 0.441 e. The number of aryl methyl sites for hydroxylation is 1. The minimum absolute atomic E-state index is 0.402. The molecule has 72 valence electrons. The maximum atomic E-state index is 8.50. The van der Waals surface area contributed by atoms with E-state index in [1.54, 1.807) is 0 Å². The number of para-hydroxylation sites is 1. The lowest BCUT2D eigenvalue weighted by atomic mass is 10.1. The van der Waals surface area contributed by atoms with Crippen molar-refractivity contribution in [3.05, 3.63) is 23.8 Å². The van der Waals surface area contributed by atoms with Crippen LogP contribution in [0.25, 0.3) is 0 Å². The van der Waals surface area contributed by atoms with Crippen molar-refractivity contribution in [1.29, 1.82) is 5.26 Å². The van der Waals surface area contributed by atoms with Crippen molar-refractivity contribution in [2.75, 3.05) is 0 Å². The highest BCUT2D eigenvalue weighted by molar-refractivity contribution is 9.09. The number of hydrogen-bond donors (Lipinski definition) is 0. The zero-order valence-corrected chi connectivity index (χ0v) is 8.95. The molecule has 2 rings (SSSR count). The highest BCUT2D eigenvalue weighted by atomic mass is 79.9. The van der Waals surface area contributed by atoms with Crippen LogP contribution in [0.1, 0.15) is 12.0 Å². The molecule has 1 aliphatic rings. The molecular formula is C10H8BrNO2. The Morgan fingerprint density at radius 1 is 1.43 bits per heavy atom. The van der Waals surface area contributed by atoms with Gasteiger partial charge in [-0.25, -0.2) is 0 Å². The van der Waals surface area contributed by atoms with Crippen molar-refractivity contribution in [2.45, 2.75) is 18.0 Å². The average Bonchev–Trinajstić information content (AvgIpc) is 2.55. The Labute approximate surface area is 90.4 Å². The predicted molar refractivity (Wildman–Crippen MR) is 54.3 cm³/mol. The molecule has 0 saturated heterocycles. The lowest BCUT2D eigenvalue weighted by Gasteiger charge is -2.02. The maximum Gasteiger partial charge on any atom is 0.298 e. The standard InChI is InChI=1S/C10H8BrNO2/c11-10-13-8-5-1-3-7(4-2-6-12)9(8)14-10/h1,3,5,10H,2,4H2. The van der Waals surface area contributed by atoms with Gasteiger partial charge in [0, 0.05) is 22.4 Å². The molecule has 4 heteroatoms. The van der Waals surface area contributed by atoms with E-state index in [1.165, 1.54) is 0 Å². The van der Waals surface area contributed by atoms with Crippen LogP contribution in [0.4, 0.5) is 0 Å². The van der Waals surface area contributed by atoms with Crippen molar-refractivity contribution in [2.24, 2.45) is 0 Å². The molecule has 1 aromatic rings. The molecule has 1 unspecified atom stereocenters. The lowest BCUT2D eigenvalue weighted by molar-refractivity contribution is 0.142. The first-order valence-corrected chi connectivity index (χ1v) is 5.19. The molecule has 0 radical (unpaired) electrons. The monoisotopic (exact) mass is 253 g/mol. The van der Waals surface area contributed by atoms with Gasteiger partial charge in [-0.3, -0.25) is 0 Å². The predicted octanol–water partition coefficient (Wildman–Crippen LogP) is 2.59. The molecule has 0 aliphatic carbocycles. The van der Waals surface area contributed by atoms with E-state index < -0.39 is 5.20 Å². The molecule has 1 heterocycles. The van der Waals surface area contributed by atoms with Gasteiger partial charge >= 0.3 is 0 Å². The highest BCUT2D eigenvalue weighted by Crippen LogP contribution is 2.39. The molecule has 1 aromatic carbocycles. The van der Waals surface area contributed by atoms with Crippen LogP contribution >= 0.6 is 15.9 Å². The van der Waals surface area contributed by atoms with Gasteiger partial charge < -0.3 is 9.47 Å². The van der Waals surface area contributed by atoms with Gasteiger partial charge in [0.15, 0.2) is 11.5 Å². The normalized spacial score (nSPS) is 17.9. The van der Waals surface area contributed by atoms with Crippen molar-refractivity contribution < 1.29 is 9.47 Å². The second kappa shape index (κ2) is 3.89. The van der Waals surface area contributed by atoms with Crippen LogP contribution < -0.4 is 9.47 Å². The molecule has 0 N–H and O–H groups in total. The molecule has 1 atom stereocenters. The third kappa shape index (κ3) is 1.68. The van der Waals surface area contributed by atoms with Crippen LogP contribution in [0.3, 0.4) is 0 Å². The van der Waals surface area contributed by atoms with E-state index in [0.717, 1.165) is 17.1 Å². The van der Waals surface area contributed by atoms with Crippen LogP contribution in [0.5, 0.6) is 11.5 Å². The quantitative estimate of drug-likeness (QED) is 0.762. The second-order valence-corrected chi connectivity index (χ2v) is 3.66. The van der Waals surface area contributed by atoms with Crippen molar-refractivity contribution in [3.63, 3.8) is 0 Å². The summed E-state index contributed by atoms with van der Waals surface area (Å²) in [6.07, 6.45) is 1.19. The van der Waals surface area contributed by atoms with Crippen LogP contribution in [0, 0.1) is 11.3 Å². The molecule has 0 spiro atoms. The number of fused-ring (bicyclic) bond motifs is 1. The highest BCUT2D eigenvalue weighted by Gasteiger charge is 2.23. The first-order chi connectivity index (χ1) is 6.81. The fraction of sp³-hybridized carbons (Fsp3) is 0.300. The number of nitrogens with zero attached hydrogens (tertiary/aromatic N) is 1. The number of hydrogen-bond acceptors (Lipinski definition) is 3. The summed E-state index contributed by atoms with van der Waals surface area (Å²) in [6, 6.07) is 7.82. The molecular weight excluding hydrogens is 246 g/mol. The third-order valence-corrected chi connectivity index (χ3v) is 2.37. The fourth-order valence-corrected chi connectivity index (χ4v) is 1.78. The first kappa shape index (κ1) is 9.35. The van der Waals surface area contributed by atoms with Crippen molar-refractivity contribution in [3.8, 4) is 17.6 Å². The number of nitriles is 1. The summed E-state index contributed by atoms with van der Waals surface area (Å²) in [4.78, 5) is 0. The minimum atomic E-state index is -0.402. The molecule has 1 aliphatic heterocycles. The Hall–Kier alpha value is -1.21. The average molecular weight is 254 g/mol. The Morgan fingerprint density at radius 2 is 2.29 bits per heavy atom. The smallest absolute Gasteiger partial charge is 0.298 e. The molecule has 0 aromatic heterocycles. The van der Waals surface area contributed by atoms with Gasteiger partial charge in [-0.15, -0.1) is 0 Å². The van der Waals surface area contributed by atoms with Gasteiger partial charge in [-0.05, 0) is 18.1 Å². The Balaban J connectivity index is 2.26. The van der Waals surface area contributed by atoms with E-state index in [2.05, 4.69) is 22.0 Å². The summed E-state index contributed by atoms with van der Waals surface area (Å²) < 4.78 is 10.8. The first-order valence-electron chi connectivity index (χ1n) is 4.27. The van der Waals surface area contributed by atoms with Gasteiger partial charge in [-0.2, -0.15) is 5.26 Å². The maximum absolute atomic E-state index is 8.50. The topological polar surface area (TPSA) is 42.2 Å². The second-order valence-electron chi connectivity index (χ2n) is 2.91. The van der Waals surface area contributed by atoms with Gasteiger partial charge in [-0.1, -0.05) is 12.1 Å². The van der Waals surface area contributed by atoms with Crippen LogP contribution in [0.2, 0.25) is 0 Å². The number of halogens is 1. The molecule has 0 saturated carbocycles. The zero-order chi connectivity index (χ0) is 9.97. The third-order valence-electron chi connectivity index (χ3n) is 2.00. The van der Waals surface area contributed by atoms with E-state index >= 15 is 0 Å².